The second-order valence-corrected chi connectivity index (χ2v) is 4.84. The molecule has 3 saturated heterocycles. The lowest BCUT2D eigenvalue weighted by atomic mass is 9.88. The van der Waals surface area contributed by atoms with Crippen LogP contribution < -0.4 is 0 Å². The molecule has 16 heavy (non-hydrogen) atoms. The molecule has 0 aromatic heterocycles. The Morgan fingerprint density at radius 1 is 1.19 bits per heavy atom. The number of rotatable bonds is 2. The molecule has 0 aliphatic carbocycles. The molecule has 5 nitrogen and oxygen atoms in total. The molecule has 0 radical (unpaired) electrons. The fraction of sp³-hybridized carbons (Fsp3) is 0.818. The van der Waals surface area contributed by atoms with Crippen molar-refractivity contribution in [3.63, 3.8) is 0 Å². The van der Waals surface area contributed by atoms with Crippen LogP contribution in [0.25, 0.3) is 0 Å². The summed E-state index contributed by atoms with van der Waals surface area (Å²) in [5.41, 5.74) is 0. The largest absolute Gasteiger partial charge is 0.378 e. The van der Waals surface area contributed by atoms with Crippen molar-refractivity contribution < 1.29 is 19.1 Å². The summed E-state index contributed by atoms with van der Waals surface area (Å²) in [6.45, 7) is 3.43. The van der Waals surface area contributed by atoms with Crippen LogP contribution in [0.2, 0.25) is 0 Å². The molecule has 0 N–H and O–H groups in total. The third kappa shape index (κ3) is 1.55. The summed E-state index contributed by atoms with van der Waals surface area (Å²) in [5.74, 6) is -0.504. The minimum Gasteiger partial charge on any atom is -0.378 e. The third-order valence-electron chi connectivity index (χ3n) is 3.59. The van der Waals surface area contributed by atoms with E-state index in [0.717, 1.165) is 0 Å². The van der Waals surface area contributed by atoms with Crippen molar-refractivity contribution in [2.45, 2.75) is 25.6 Å². The zero-order valence-corrected chi connectivity index (χ0v) is 9.22. The van der Waals surface area contributed by atoms with E-state index in [9.17, 15) is 9.59 Å². The lowest BCUT2D eigenvalue weighted by Gasteiger charge is -2.26. The van der Waals surface area contributed by atoms with E-state index in [-0.39, 0.29) is 35.9 Å². The van der Waals surface area contributed by atoms with E-state index >= 15 is 0 Å². The van der Waals surface area contributed by atoms with Gasteiger partial charge in [-0.1, -0.05) is 0 Å². The predicted octanol–water partition coefficient (Wildman–Crippen LogP) is -0.205. The number of fused-ring (bicyclic) bond motifs is 1. The highest BCUT2D eigenvalue weighted by Crippen LogP contribution is 2.35. The smallest absolute Gasteiger partial charge is 0.235 e. The highest BCUT2D eigenvalue weighted by molar-refractivity contribution is 6.05. The second kappa shape index (κ2) is 3.53. The molecule has 5 heteroatoms. The van der Waals surface area contributed by atoms with Gasteiger partial charge in [0.1, 0.15) is 0 Å². The molecule has 0 saturated carbocycles. The molecule has 3 rings (SSSR count). The van der Waals surface area contributed by atoms with Crippen LogP contribution in [0.5, 0.6) is 0 Å². The molecule has 3 aliphatic heterocycles. The van der Waals surface area contributed by atoms with Crippen molar-refractivity contribution in [1.82, 2.24) is 4.90 Å². The minimum atomic E-state index is -0.248. The minimum absolute atomic E-state index is 0.0272. The van der Waals surface area contributed by atoms with Crippen LogP contribution in [-0.2, 0) is 19.1 Å². The maximum atomic E-state index is 12.1. The topological polar surface area (TPSA) is 59.1 Å². The Hall–Kier alpha value is -0.940. The average molecular weight is 225 g/mol. The van der Waals surface area contributed by atoms with Crippen molar-refractivity contribution >= 4 is 11.8 Å². The molecule has 88 valence electrons. The lowest BCUT2D eigenvalue weighted by molar-refractivity contribution is -0.140. The highest BCUT2D eigenvalue weighted by atomic mass is 16.6. The lowest BCUT2D eigenvalue weighted by Crippen LogP contribution is -2.34. The van der Waals surface area contributed by atoms with Crippen molar-refractivity contribution in [3.05, 3.63) is 0 Å². The first kappa shape index (κ1) is 10.2. The summed E-state index contributed by atoms with van der Waals surface area (Å²) in [7, 11) is 0. The zero-order valence-electron chi connectivity index (χ0n) is 9.22. The maximum absolute atomic E-state index is 12.1. The van der Waals surface area contributed by atoms with Gasteiger partial charge in [-0.3, -0.25) is 14.5 Å². The van der Waals surface area contributed by atoms with Crippen LogP contribution >= 0.6 is 0 Å². The van der Waals surface area contributed by atoms with Crippen LogP contribution in [0.15, 0.2) is 0 Å². The summed E-state index contributed by atoms with van der Waals surface area (Å²) in [6.07, 6.45) is 0.818. The Balaban J connectivity index is 1.77. The zero-order chi connectivity index (χ0) is 11.3. The monoisotopic (exact) mass is 225 g/mol. The number of ether oxygens (including phenoxy) is 2. The number of carbonyl (C=O) groups excluding carboxylic acids is 2. The predicted molar refractivity (Wildman–Crippen MR) is 53.5 cm³/mol. The van der Waals surface area contributed by atoms with Crippen molar-refractivity contribution in [2.75, 3.05) is 19.8 Å². The number of hydrogen-bond acceptors (Lipinski definition) is 4. The molecular formula is C11H15NO4. The number of epoxide rings is 1. The molecule has 3 aliphatic rings. The van der Waals surface area contributed by atoms with E-state index in [1.807, 2.05) is 6.92 Å². The van der Waals surface area contributed by atoms with Crippen molar-refractivity contribution in [2.24, 2.45) is 11.8 Å². The van der Waals surface area contributed by atoms with Gasteiger partial charge in [-0.25, -0.2) is 0 Å². The fourth-order valence-corrected chi connectivity index (χ4v) is 2.56. The quantitative estimate of drug-likeness (QED) is 0.482. The highest BCUT2D eigenvalue weighted by Gasteiger charge is 2.51. The average Bonchev–Trinajstić information content (AvgIpc) is 3.04. The Labute approximate surface area is 93.7 Å². The van der Waals surface area contributed by atoms with Gasteiger partial charge in [-0.15, -0.1) is 0 Å². The van der Waals surface area contributed by atoms with Crippen LogP contribution in [-0.4, -0.2) is 48.7 Å². The van der Waals surface area contributed by atoms with Gasteiger partial charge in [0, 0.05) is 0 Å². The van der Waals surface area contributed by atoms with Gasteiger partial charge in [0.05, 0.1) is 43.8 Å². The van der Waals surface area contributed by atoms with Gasteiger partial charge in [0.25, 0.3) is 0 Å². The number of nitrogens with zero attached hydrogens (tertiary/aromatic N) is 1. The molecule has 2 amide bonds. The second-order valence-electron chi connectivity index (χ2n) is 4.84. The normalized spacial score (nSPS) is 42.4. The van der Waals surface area contributed by atoms with E-state index in [2.05, 4.69) is 0 Å². The summed E-state index contributed by atoms with van der Waals surface area (Å²) < 4.78 is 10.5. The Morgan fingerprint density at radius 2 is 1.88 bits per heavy atom. The molecule has 3 fully saturated rings. The van der Waals surface area contributed by atoms with Crippen LogP contribution in [0.3, 0.4) is 0 Å². The first-order valence-corrected chi connectivity index (χ1v) is 5.75. The van der Waals surface area contributed by atoms with E-state index in [1.54, 1.807) is 0 Å². The standard InChI is InChI=1S/C11H15NO4/c1-6-2-8-9(5-15-6)11(14)12(10(8)13)3-7-4-16-7/h6-9H,2-5H2,1H3. The van der Waals surface area contributed by atoms with Gasteiger partial charge < -0.3 is 9.47 Å². The summed E-state index contributed by atoms with van der Waals surface area (Å²) in [4.78, 5) is 25.4. The molecular weight excluding hydrogens is 210 g/mol. The summed E-state index contributed by atoms with van der Waals surface area (Å²) in [6, 6.07) is 0. The number of hydrogen-bond donors (Lipinski definition) is 0. The molecule has 3 heterocycles. The Bertz CT molecular complexity index is 339. The number of likely N-dealkylation sites (tertiary alicyclic amines) is 1. The van der Waals surface area contributed by atoms with Gasteiger partial charge in [0.2, 0.25) is 11.8 Å². The third-order valence-corrected chi connectivity index (χ3v) is 3.59. The fourth-order valence-electron chi connectivity index (χ4n) is 2.56. The van der Waals surface area contributed by atoms with Gasteiger partial charge in [0.15, 0.2) is 0 Å². The van der Waals surface area contributed by atoms with Crippen LogP contribution in [0, 0.1) is 11.8 Å². The van der Waals surface area contributed by atoms with Gasteiger partial charge in [-0.2, -0.15) is 0 Å². The summed E-state index contributed by atoms with van der Waals surface area (Å²) >= 11 is 0. The molecule has 0 aromatic carbocycles. The molecule has 4 atom stereocenters. The summed E-state index contributed by atoms with van der Waals surface area (Å²) in [5, 5.41) is 0. The number of amides is 2. The molecule has 0 spiro atoms. The SMILES string of the molecule is CC1CC2C(=O)N(CC3CO3)C(=O)C2CO1. The van der Waals surface area contributed by atoms with E-state index in [0.29, 0.717) is 26.2 Å². The first-order chi connectivity index (χ1) is 7.66. The maximum Gasteiger partial charge on any atom is 0.235 e. The number of imide groups is 1. The Kier molecular flexibility index (Phi) is 2.26. The van der Waals surface area contributed by atoms with Crippen molar-refractivity contribution in [3.8, 4) is 0 Å². The number of carbonyl (C=O) groups is 2. The van der Waals surface area contributed by atoms with E-state index < -0.39 is 0 Å². The van der Waals surface area contributed by atoms with E-state index in [4.69, 9.17) is 9.47 Å². The van der Waals surface area contributed by atoms with Crippen LogP contribution in [0.1, 0.15) is 13.3 Å². The molecule has 0 bridgehead atoms. The van der Waals surface area contributed by atoms with Gasteiger partial charge in [-0.05, 0) is 13.3 Å². The van der Waals surface area contributed by atoms with Crippen molar-refractivity contribution in [1.29, 1.82) is 0 Å². The van der Waals surface area contributed by atoms with Crippen LogP contribution in [0.4, 0.5) is 0 Å². The first-order valence-electron chi connectivity index (χ1n) is 5.75. The molecule has 0 aromatic rings. The van der Waals surface area contributed by atoms with Gasteiger partial charge >= 0.3 is 0 Å². The van der Waals surface area contributed by atoms with E-state index in [1.165, 1.54) is 4.90 Å². The molecule has 4 unspecified atom stereocenters. The Morgan fingerprint density at radius 3 is 2.56 bits per heavy atom.